The van der Waals surface area contributed by atoms with Gasteiger partial charge in [0.2, 0.25) is 0 Å². The molecule has 3 aromatic rings. The molecule has 2 aliphatic heterocycles. The minimum Gasteiger partial charge on any atom is -0.504 e. The molecule has 0 unspecified atom stereocenters. The molecule has 1 spiro atoms. The number of phenols is 1. The van der Waals surface area contributed by atoms with Crippen molar-refractivity contribution in [2.45, 2.75) is 36.0 Å². The molecule has 4 atom stereocenters. The normalized spacial score (nSPS) is 33.3. The molecule has 0 radical (unpaired) electrons. The summed E-state index contributed by atoms with van der Waals surface area (Å²) in [6, 6.07) is 11.3. The second kappa shape index (κ2) is 4.54. The van der Waals surface area contributed by atoms with Gasteiger partial charge in [-0.1, -0.05) is 30.0 Å². The highest BCUT2D eigenvalue weighted by molar-refractivity contribution is 5.86. The van der Waals surface area contributed by atoms with E-state index in [2.05, 4.69) is 34.3 Å². The van der Waals surface area contributed by atoms with Crippen molar-refractivity contribution in [3.63, 3.8) is 0 Å². The summed E-state index contributed by atoms with van der Waals surface area (Å²) in [5.41, 5.74) is 3.09. The lowest BCUT2D eigenvalue weighted by Gasteiger charge is -2.55. The van der Waals surface area contributed by atoms with E-state index in [9.17, 15) is 10.2 Å². The van der Waals surface area contributed by atoms with Gasteiger partial charge in [-0.3, -0.25) is 0 Å². The second-order valence-electron chi connectivity index (χ2n) is 8.38. The smallest absolute Gasteiger partial charge is 0.167 e. The maximum absolute atomic E-state index is 12.3. The number of aliphatic hydroxyl groups is 1. The van der Waals surface area contributed by atoms with E-state index in [1.54, 1.807) is 6.07 Å². The fraction of sp³-hybridized carbons (Fsp3) is 0.304. The summed E-state index contributed by atoms with van der Waals surface area (Å²) in [6.45, 7) is 0.742. The minimum absolute atomic E-state index is 0.112. The molecule has 2 aliphatic carbocycles. The Morgan fingerprint density at radius 2 is 2.07 bits per heavy atom. The molecule has 5 heteroatoms. The van der Waals surface area contributed by atoms with E-state index in [0.717, 1.165) is 39.8 Å². The number of ether oxygens (including phenoxy) is 1. The molecule has 0 amide bonds. The van der Waals surface area contributed by atoms with Crippen LogP contribution in [0.4, 0.5) is 0 Å². The van der Waals surface area contributed by atoms with Crippen LogP contribution in [0, 0.1) is 11.8 Å². The summed E-state index contributed by atoms with van der Waals surface area (Å²) in [6.07, 6.45) is 0.821. The first-order valence-corrected chi connectivity index (χ1v) is 9.73. The van der Waals surface area contributed by atoms with Gasteiger partial charge in [0.25, 0.3) is 0 Å². The third-order valence-electron chi connectivity index (χ3n) is 7.29. The lowest BCUT2D eigenvalue weighted by atomic mass is 9.53. The quantitative estimate of drug-likeness (QED) is 0.458. The van der Waals surface area contributed by atoms with Crippen LogP contribution in [0.25, 0.3) is 10.9 Å². The van der Waals surface area contributed by atoms with Gasteiger partial charge in [0.15, 0.2) is 17.6 Å². The fourth-order valence-electron chi connectivity index (χ4n) is 6.13. The molecule has 1 saturated heterocycles. The van der Waals surface area contributed by atoms with Crippen molar-refractivity contribution in [2.75, 3.05) is 6.54 Å². The number of nitrogens with one attached hydrogen (secondary N) is 2. The molecule has 1 aromatic heterocycles. The Balaban J connectivity index is 1.64. The van der Waals surface area contributed by atoms with Gasteiger partial charge in [-0.15, -0.1) is 0 Å². The summed E-state index contributed by atoms with van der Waals surface area (Å²) in [7, 11) is 0. The number of hydrogen-bond acceptors (Lipinski definition) is 4. The van der Waals surface area contributed by atoms with E-state index in [4.69, 9.17) is 4.74 Å². The summed E-state index contributed by atoms with van der Waals surface area (Å²) >= 11 is 0. The predicted octanol–water partition coefficient (Wildman–Crippen LogP) is 2.26. The number of fused-ring (bicyclic) bond motifs is 4. The first kappa shape index (κ1) is 15.0. The lowest BCUT2D eigenvalue weighted by Crippen LogP contribution is -2.70. The highest BCUT2D eigenvalue weighted by Crippen LogP contribution is 2.66. The van der Waals surface area contributed by atoms with Crippen molar-refractivity contribution < 1.29 is 14.9 Å². The largest absolute Gasteiger partial charge is 0.504 e. The number of piperidine rings is 1. The third-order valence-corrected chi connectivity index (χ3v) is 7.29. The number of rotatable bonds is 0. The van der Waals surface area contributed by atoms with Crippen molar-refractivity contribution in [3.05, 3.63) is 58.8 Å². The van der Waals surface area contributed by atoms with Crippen LogP contribution in [0.5, 0.6) is 11.5 Å². The van der Waals surface area contributed by atoms with Gasteiger partial charge in [-0.2, -0.15) is 0 Å². The van der Waals surface area contributed by atoms with Crippen molar-refractivity contribution in [2.24, 2.45) is 0 Å². The number of aromatic hydroxyl groups is 1. The molecular formula is C23H18N2O3. The van der Waals surface area contributed by atoms with Crippen LogP contribution in [0.1, 0.15) is 34.9 Å². The molecular weight excluding hydrogens is 352 g/mol. The van der Waals surface area contributed by atoms with Crippen LogP contribution < -0.4 is 10.1 Å². The van der Waals surface area contributed by atoms with E-state index >= 15 is 0 Å². The number of phenolic OH excluding ortho intramolecular Hbond substituents is 1. The van der Waals surface area contributed by atoms with Gasteiger partial charge < -0.3 is 25.3 Å². The molecule has 4 aliphatic rings. The predicted molar refractivity (Wildman–Crippen MR) is 103 cm³/mol. The number of para-hydroxylation sites is 1. The molecule has 4 N–H and O–H groups in total. The van der Waals surface area contributed by atoms with Gasteiger partial charge in [0.1, 0.15) is 5.60 Å². The van der Waals surface area contributed by atoms with Gasteiger partial charge >= 0.3 is 0 Å². The Labute approximate surface area is 161 Å². The van der Waals surface area contributed by atoms with Crippen LogP contribution in [0.3, 0.4) is 0 Å². The highest BCUT2D eigenvalue weighted by Gasteiger charge is 2.70. The number of hydrogen-bond donors (Lipinski definition) is 4. The first-order valence-electron chi connectivity index (χ1n) is 9.73. The fourth-order valence-corrected chi connectivity index (χ4v) is 6.13. The maximum Gasteiger partial charge on any atom is 0.167 e. The molecule has 138 valence electrons. The van der Waals surface area contributed by atoms with Crippen molar-refractivity contribution in [1.29, 1.82) is 0 Å². The molecule has 3 heterocycles. The third kappa shape index (κ3) is 1.41. The number of aromatic nitrogens is 1. The van der Waals surface area contributed by atoms with Crippen LogP contribution in [-0.4, -0.2) is 33.4 Å². The molecule has 1 fully saturated rings. The Hall–Kier alpha value is -2.94. The van der Waals surface area contributed by atoms with Crippen molar-refractivity contribution in [1.82, 2.24) is 10.3 Å². The standard InChI is InChI=1S/C23H18N2O3/c26-16-7-5-12-6-8-17-23(27)11-14-13-3-1-2-4-15(13)25-19(14)21-22(23,9-10-24-17)18(12)20(16)28-21/h1-5,7,17,21,24-27H,9-11H2/t17-,21+,22+,23-/m1/s1. The Kier molecular flexibility index (Phi) is 2.44. The van der Waals surface area contributed by atoms with Gasteiger partial charge in [-0.25, -0.2) is 0 Å². The summed E-state index contributed by atoms with van der Waals surface area (Å²) < 4.78 is 6.45. The highest BCUT2D eigenvalue weighted by atomic mass is 16.5. The van der Waals surface area contributed by atoms with Gasteiger partial charge in [0.05, 0.1) is 17.2 Å². The lowest BCUT2D eigenvalue weighted by molar-refractivity contribution is -0.116. The second-order valence-corrected chi connectivity index (χ2v) is 8.38. The zero-order chi connectivity index (χ0) is 18.7. The Morgan fingerprint density at radius 3 is 3.00 bits per heavy atom. The van der Waals surface area contributed by atoms with Crippen molar-refractivity contribution in [3.8, 4) is 23.3 Å². The van der Waals surface area contributed by atoms with Gasteiger partial charge in [-0.05, 0) is 36.7 Å². The number of aromatic amines is 1. The summed E-state index contributed by atoms with van der Waals surface area (Å²) in [5.74, 6) is 7.12. The molecule has 7 rings (SSSR count). The average molecular weight is 370 g/mol. The minimum atomic E-state index is -1.12. The molecule has 0 saturated carbocycles. The summed E-state index contributed by atoms with van der Waals surface area (Å²) in [4.78, 5) is 3.56. The van der Waals surface area contributed by atoms with E-state index in [1.165, 1.54) is 0 Å². The molecule has 28 heavy (non-hydrogen) atoms. The zero-order valence-corrected chi connectivity index (χ0v) is 15.0. The van der Waals surface area contributed by atoms with Crippen LogP contribution in [0.15, 0.2) is 36.4 Å². The Morgan fingerprint density at radius 1 is 1.18 bits per heavy atom. The summed E-state index contributed by atoms with van der Waals surface area (Å²) in [5, 5.41) is 27.4. The van der Waals surface area contributed by atoms with Crippen LogP contribution in [0.2, 0.25) is 0 Å². The van der Waals surface area contributed by atoms with E-state index in [-0.39, 0.29) is 17.9 Å². The average Bonchev–Trinajstić information content (AvgIpc) is 3.22. The maximum atomic E-state index is 12.3. The van der Waals surface area contributed by atoms with Gasteiger partial charge in [0, 0.05) is 28.5 Å². The first-order chi connectivity index (χ1) is 13.6. The van der Waals surface area contributed by atoms with E-state index in [0.29, 0.717) is 18.6 Å². The zero-order valence-electron chi connectivity index (χ0n) is 15.0. The van der Waals surface area contributed by atoms with E-state index < -0.39 is 11.0 Å². The number of H-pyrrole nitrogens is 1. The SMILES string of the molecule is Oc1ccc2c3c1O[C@H]1c4[nH]c5ccccc5c4C[C@@]4(O)[C@@H](C#C2)NCC[C@]314. The topological polar surface area (TPSA) is 77.5 Å². The Bertz CT molecular complexity index is 1270. The number of benzene rings is 2. The molecule has 5 nitrogen and oxygen atoms in total. The van der Waals surface area contributed by atoms with E-state index in [1.807, 2.05) is 18.2 Å². The van der Waals surface area contributed by atoms with Crippen LogP contribution >= 0.6 is 0 Å². The molecule has 2 aromatic carbocycles. The monoisotopic (exact) mass is 370 g/mol. The molecule has 2 bridgehead atoms. The van der Waals surface area contributed by atoms with Crippen molar-refractivity contribution >= 4 is 10.9 Å². The van der Waals surface area contributed by atoms with Crippen LogP contribution in [-0.2, 0) is 11.8 Å².